The van der Waals surface area contributed by atoms with Crippen molar-refractivity contribution in [2.75, 3.05) is 6.61 Å². The number of esters is 1. The van der Waals surface area contributed by atoms with Crippen LogP contribution < -0.4 is 0 Å². The molecule has 0 amide bonds. The SMILES string of the molecule is C=CC(=O)OCC1(CCC(C)C)CCCCCCCC1. The summed E-state index contributed by atoms with van der Waals surface area (Å²) in [4.78, 5) is 11.4. The first-order valence-corrected chi connectivity index (χ1v) is 8.37. The third kappa shape index (κ3) is 6.58. The number of rotatable bonds is 6. The highest BCUT2D eigenvalue weighted by Gasteiger charge is 2.31. The Hall–Kier alpha value is -0.790. The number of carbonyl (C=O) groups excluding carboxylic acids is 1. The quantitative estimate of drug-likeness (QED) is 0.489. The van der Waals surface area contributed by atoms with Gasteiger partial charge < -0.3 is 4.74 Å². The first kappa shape index (κ1) is 17.3. The normalized spacial score (nSPS) is 19.8. The highest BCUT2D eigenvalue weighted by molar-refractivity contribution is 5.81. The molecule has 1 aliphatic rings. The van der Waals surface area contributed by atoms with Crippen molar-refractivity contribution < 1.29 is 9.53 Å². The maximum absolute atomic E-state index is 11.4. The lowest BCUT2D eigenvalue weighted by atomic mass is 9.74. The largest absolute Gasteiger partial charge is 0.462 e. The van der Waals surface area contributed by atoms with Crippen molar-refractivity contribution in [2.24, 2.45) is 11.3 Å². The maximum atomic E-state index is 11.4. The fraction of sp³-hybridized carbons (Fsp3) is 0.833. The van der Waals surface area contributed by atoms with Gasteiger partial charge in [-0.15, -0.1) is 0 Å². The summed E-state index contributed by atoms with van der Waals surface area (Å²) in [6.45, 7) is 8.64. The standard InChI is InChI=1S/C18H32O2/c1-4-17(19)20-15-18(14-11-16(2)3)12-9-7-5-6-8-10-13-18/h4,16H,1,5-15H2,2-3H3. The summed E-state index contributed by atoms with van der Waals surface area (Å²) in [5.74, 6) is 0.448. The predicted molar refractivity (Wildman–Crippen MR) is 84.6 cm³/mol. The van der Waals surface area contributed by atoms with Crippen LogP contribution >= 0.6 is 0 Å². The van der Waals surface area contributed by atoms with E-state index in [4.69, 9.17) is 4.74 Å². The Morgan fingerprint density at radius 1 is 1.15 bits per heavy atom. The third-order valence-corrected chi connectivity index (χ3v) is 4.60. The van der Waals surface area contributed by atoms with Gasteiger partial charge in [-0.2, -0.15) is 0 Å². The second kappa shape index (κ2) is 9.20. The second-order valence-electron chi connectivity index (χ2n) is 6.87. The molecule has 2 heteroatoms. The fourth-order valence-electron chi connectivity index (χ4n) is 3.18. The van der Waals surface area contributed by atoms with Crippen LogP contribution in [0.1, 0.15) is 78.1 Å². The van der Waals surface area contributed by atoms with Gasteiger partial charge in [0, 0.05) is 11.5 Å². The Kier molecular flexibility index (Phi) is 7.94. The molecule has 0 bridgehead atoms. The molecule has 116 valence electrons. The van der Waals surface area contributed by atoms with E-state index < -0.39 is 0 Å². The van der Waals surface area contributed by atoms with Gasteiger partial charge in [-0.05, 0) is 25.2 Å². The lowest BCUT2D eigenvalue weighted by molar-refractivity contribution is -0.142. The van der Waals surface area contributed by atoms with Crippen molar-refractivity contribution in [3.63, 3.8) is 0 Å². The zero-order chi connectivity index (χ0) is 14.8. The van der Waals surface area contributed by atoms with Crippen LogP contribution in [0.5, 0.6) is 0 Å². The molecule has 1 saturated carbocycles. The molecular formula is C18H32O2. The summed E-state index contributed by atoms with van der Waals surface area (Å²) < 4.78 is 5.45. The lowest BCUT2D eigenvalue weighted by Crippen LogP contribution is -2.29. The minimum atomic E-state index is -0.270. The molecule has 0 heterocycles. The summed E-state index contributed by atoms with van der Waals surface area (Å²) in [6.07, 6.45) is 14.1. The fourth-order valence-corrected chi connectivity index (χ4v) is 3.18. The summed E-state index contributed by atoms with van der Waals surface area (Å²) in [5, 5.41) is 0. The van der Waals surface area contributed by atoms with Gasteiger partial charge >= 0.3 is 5.97 Å². The molecule has 1 rings (SSSR count). The maximum Gasteiger partial charge on any atom is 0.330 e. The molecule has 20 heavy (non-hydrogen) atoms. The van der Waals surface area contributed by atoms with Crippen LogP contribution in [0.15, 0.2) is 12.7 Å². The van der Waals surface area contributed by atoms with Gasteiger partial charge in [0.25, 0.3) is 0 Å². The minimum Gasteiger partial charge on any atom is -0.462 e. The topological polar surface area (TPSA) is 26.3 Å². The molecule has 0 spiro atoms. The van der Waals surface area contributed by atoms with E-state index in [1.807, 2.05) is 0 Å². The van der Waals surface area contributed by atoms with Crippen LogP contribution in [-0.2, 0) is 9.53 Å². The van der Waals surface area contributed by atoms with Crippen LogP contribution in [0.2, 0.25) is 0 Å². The molecule has 0 aromatic carbocycles. The van der Waals surface area contributed by atoms with E-state index in [0.29, 0.717) is 6.61 Å². The number of carbonyl (C=O) groups is 1. The first-order valence-electron chi connectivity index (χ1n) is 8.37. The zero-order valence-corrected chi connectivity index (χ0v) is 13.5. The Bertz CT molecular complexity index is 284. The van der Waals surface area contributed by atoms with E-state index in [0.717, 1.165) is 5.92 Å². The van der Waals surface area contributed by atoms with Gasteiger partial charge in [-0.1, -0.05) is 65.4 Å². The Morgan fingerprint density at radius 2 is 1.70 bits per heavy atom. The van der Waals surface area contributed by atoms with Crippen molar-refractivity contribution in [1.82, 2.24) is 0 Å². The Labute approximate surface area is 125 Å². The zero-order valence-electron chi connectivity index (χ0n) is 13.5. The molecule has 0 saturated heterocycles. The molecule has 0 aromatic heterocycles. The average molecular weight is 280 g/mol. The van der Waals surface area contributed by atoms with Crippen LogP contribution in [0.4, 0.5) is 0 Å². The number of hydrogen-bond acceptors (Lipinski definition) is 2. The van der Waals surface area contributed by atoms with Crippen molar-refractivity contribution in [3.05, 3.63) is 12.7 Å². The predicted octanol–water partition coefficient (Wildman–Crippen LogP) is 5.27. The molecular weight excluding hydrogens is 248 g/mol. The third-order valence-electron chi connectivity index (χ3n) is 4.60. The summed E-state index contributed by atoms with van der Waals surface area (Å²) >= 11 is 0. The summed E-state index contributed by atoms with van der Waals surface area (Å²) in [6, 6.07) is 0. The van der Waals surface area contributed by atoms with Gasteiger partial charge in [0.1, 0.15) is 0 Å². The summed E-state index contributed by atoms with van der Waals surface area (Å²) in [7, 11) is 0. The van der Waals surface area contributed by atoms with Crippen LogP contribution in [0, 0.1) is 11.3 Å². The second-order valence-corrected chi connectivity index (χ2v) is 6.87. The Morgan fingerprint density at radius 3 is 2.20 bits per heavy atom. The smallest absolute Gasteiger partial charge is 0.330 e. The van der Waals surface area contributed by atoms with E-state index in [1.165, 1.54) is 70.3 Å². The van der Waals surface area contributed by atoms with E-state index in [1.54, 1.807) is 0 Å². The van der Waals surface area contributed by atoms with Crippen molar-refractivity contribution in [2.45, 2.75) is 78.1 Å². The molecule has 0 N–H and O–H groups in total. The van der Waals surface area contributed by atoms with Crippen molar-refractivity contribution in [3.8, 4) is 0 Å². The molecule has 0 unspecified atom stereocenters. The molecule has 0 atom stereocenters. The lowest BCUT2D eigenvalue weighted by Gasteiger charge is -2.34. The molecule has 0 aliphatic heterocycles. The highest BCUT2D eigenvalue weighted by atomic mass is 16.5. The number of ether oxygens (including phenoxy) is 1. The van der Waals surface area contributed by atoms with Gasteiger partial charge in [0.05, 0.1) is 6.61 Å². The molecule has 1 fully saturated rings. The van der Waals surface area contributed by atoms with Gasteiger partial charge in [0.15, 0.2) is 0 Å². The van der Waals surface area contributed by atoms with Gasteiger partial charge in [0.2, 0.25) is 0 Å². The molecule has 1 aliphatic carbocycles. The van der Waals surface area contributed by atoms with Crippen LogP contribution in [0.25, 0.3) is 0 Å². The number of hydrogen-bond donors (Lipinski definition) is 0. The van der Waals surface area contributed by atoms with Gasteiger partial charge in [-0.25, -0.2) is 4.79 Å². The Balaban J connectivity index is 2.67. The van der Waals surface area contributed by atoms with E-state index >= 15 is 0 Å². The van der Waals surface area contributed by atoms with Crippen molar-refractivity contribution in [1.29, 1.82) is 0 Å². The van der Waals surface area contributed by atoms with E-state index in [-0.39, 0.29) is 11.4 Å². The van der Waals surface area contributed by atoms with E-state index in [2.05, 4.69) is 20.4 Å². The summed E-state index contributed by atoms with van der Waals surface area (Å²) in [5.41, 5.74) is 0.216. The highest BCUT2D eigenvalue weighted by Crippen LogP contribution is 2.39. The van der Waals surface area contributed by atoms with Crippen LogP contribution in [-0.4, -0.2) is 12.6 Å². The minimum absolute atomic E-state index is 0.216. The first-order chi connectivity index (χ1) is 9.58. The average Bonchev–Trinajstić information content (AvgIpc) is 2.55. The van der Waals surface area contributed by atoms with E-state index in [9.17, 15) is 4.79 Å². The molecule has 0 aromatic rings. The van der Waals surface area contributed by atoms with Crippen molar-refractivity contribution >= 4 is 5.97 Å². The molecule has 0 radical (unpaired) electrons. The monoisotopic (exact) mass is 280 g/mol. The van der Waals surface area contributed by atoms with Gasteiger partial charge in [-0.3, -0.25) is 0 Å². The van der Waals surface area contributed by atoms with Crippen LogP contribution in [0.3, 0.4) is 0 Å². The molecule has 2 nitrogen and oxygen atoms in total.